The maximum Gasteiger partial charge on any atom is 0.333 e. The standard InChI is InChI=1S/C8H10BrClO3/c1-12-8(11)3-7-6(9)2-5(4-10)13-7/h3,5-6H,2,4H2,1H3/b7-3+. The number of esters is 1. The topological polar surface area (TPSA) is 35.5 Å². The molecule has 1 heterocycles. The molecule has 0 N–H and O–H groups in total. The van der Waals surface area contributed by atoms with Gasteiger partial charge in [-0.3, -0.25) is 0 Å². The van der Waals surface area contributed by atoms with Crippen molar-refractivity contribution in [1.29, 1.82) is 0 Å². The molecular weight excluding hydrogens is 259 g/mol. The van der Waals surface area contributed by atoms with Crippen molar-refractivity contribution in [2.75, 3.05) is 13.0 Å². The number of ether oxygens (including phenoxy) is 2. The summed E-state index contributed by atoms with van der Waals surface area (Å²) in [5.74, 6) is 0.618. The molecule has 0 spiro atoms. The molecule has 0 aromatic heterocycles. The lowest BCUT2D eigenvalue weighted by Gasteiger charge is -2.04. The van der Waals surface area contributed by atoms with Crippen LogP contribution in [0.4, 0.5) is 0 Å². The molecule has 1 aliphatic heterocycles. The van der Waals surface area contributed by atoms with Crippen LogP contribution in [0.5, 0.6) is 0 Å². The summed E-state index contributed by atoms with van der Waals surface area (Å²) in [5, 5.41) is 0. The number of halogens is 2. The Labute approximate surface area is 90.2 Å². The second-order valence-corrected chi connectivity index (χ2v) is 4.08. The van der Waals surface area contributed by atoms with E-state index in [1.165, 1.54) is 13.2 Å². The maximum atomic E-state index is 10.9. The molecule has 0 radical (unpaired) electrons. The number of rotatable bonds is 2. The minimum absolute atomic E-state index is 0.0121. The van der Waals surface area contributed by atoms with Crippen LogP contribution in [0.3, 0.4) is 0 Å². The maximum absolute atomic E-state index is 10.9. The first-order valence-corrected chi connectivity index (χ1v) is 5.28. The molecule has 3 nitrogen and oxygen atoms in total. The molecule has 0 aromatic rings. The molecule has 2 unspecified atom stereocenters. The summed E-state index contributed by atoms with van der Waals surface area (Å²) in [4.78, 5) is 10.9. The quantitative estimate of drug-likeness (QED) is 0.436. The first-order chi connectivity index (χ1) is 6.17. The normalized spacial score (nSPS) is 30.2. The predicted octanol–water partition coefficient (Wildman–Crippen LogP) is 1.83. The Bertz CT molecular complexity index is 229. The van der Waals surface area contributed by atoms with Gasteiger partial charge in [0.05, 0.1) is 23.9 Å². The molecule has 2 atom stereocenters. The van der Waals surface area contributed by atoms with E-state index in [1.807, 2.05) is 0 Å². The smallest absolute Gasteiger partial charge is 0.333 e. The zero-order chi connectivity index (χ0) is 9.84. The summed E-state index contributed by atoms with van der Waals surface area (Å²) in [6, 6.07) is 0. The Morgan fingerprint density at radius 1 is 1.92 bits per heavy atom. The second kappa shape index (κ2) is 4.86. The number of methoxy groups -OCH3 is 1. The van der Waals surface area contributed by atoms with E-state index < -0.39 is 5.97 Å². The van der Waals surface area contributed by atoms with E-state index >= 15 is 0 Å². The lowest BCUT2D eigenvalue weighted by Crippen LogP contribution is -2.05. The molecule has 5 heteroatoms. The van der Waals surface area contributed by atoms with Crippen molar-refractivity contribution in [3.63, 3.8) is 0 Å². The fourth-order valence-corrected chi connectivity index (χ4v) is 1.90. The Kier molecular flexibility index (Phi) is 4.06. The molecule has 1 rings (SSSR count). The van der Waals surface area contributed by atoms with E-state index in [2.05, 4.69) is 20.7 Å². The lowest BCUT2D eigenvalue weighted by molar-refractivity contribution is -0.135. The van der Waals surface area contributed by atoms with E-state index in [9.17, 15) is 4.79 Å². The Morgan fingerprint density at radius 2 is 2.62 bits per heavy atom. The van der Waals surface area contributed by atoms with Gasteiger partial charge in [-0.15, -0.1) is 11.6 Å². The van der Waals surface area contributed by atoms with Gasteiger partial charge in [-0.05, 0) is 0 Å². The van der Waals surface area contributed by atoms with Crippen molar-refractivity contribution in [3.05, 3.63) is 11.8 Å². The van der Waals surface area contributed by atoms with Crippen LogP contribution in [0.2, 0.25) is 0 Å². The zero-order valence-corrected chi connectivity index (χ0v) is 9.47. The summed E-state index contributed by atoms with van der Waals surface area (Å²) in [7, 11) is 1.33. The van der Waals surface area contributed by atoms with Gasteiger partial charge in [0.25, 0.3) is 0 Å². The predicted molar refractivity (Wildman–Crippen MR) is 53.0 cm³/mol. The van der Waals surface area contributed by atoms with Gasteiger partial charge in [0.2, 0.25) is 0 Å². The van der Waals surface area contributed by atoms with Crippen molar-refractivity contribution >= 4 is 33.5 Å². The zero-order valence-electron chi connectivity index (χ0n) is 7.13. The minimum atomic E-state index is -0.408. The van der Waals surface area contributed by atoms with Crippen LogP contribution in [0.1, 0.15) is 6.42 Å². The average Bonchev–Trinajstić information content (AvgIpc) is 2.47. The van der Waals surface area contributed by atoms with Gasteiger partial charge in [0, 0.05) is 6.42 Å². The third-order valence-corrected chi connectivity index (χ3v) is 2.88. The molecule has 1 fully saturated rings. The van der Waals surface area contributed by atoms with E-state index in [0.717, 1.165) is 6.42 Å². The van der Waals surface area contributed by atoms with E-state index in [0.29, 0.717) is 11.6 Å². The van der Waals surface area contributed by atoms with Gasteiger partial charge in [-0.1, -0.05) is 15.9 Å². The summed E-state index contributed by atoms with van der Waals surface area (Å²) in [6.07, 6.45) is 2.11. The number of hydrogen-bond donors (Lipinski definition) is 0. The molecule has 1 aliphatic rings. The fourth-order valence-electron chi connectivity index (χ4n) is 1.06. The molecule has 0 saturated carbocycles. The molecule has 0 amide bonds. The molecule has 13 heavy (non-hydrogen) atoms. The SMILES string of the molecule is COC(=O)/C=C1/OC(CCl)CC1Br. The van der Waals surface area contributed by atoms with Crippen LogP contribution < -0.4 is 0 Å². The summed E-state index contributed by atoms with van der Waals surface area (Å²) in [5.41, 5.74) is 0. The van der Waals surface area contributed by atoms with Crippen LogP contribution in [-0.2, 0) is 14.3 Å². The second-order valence-electron chi connectivity index (χ2n) is 2.67. The highest BCUT2D eigenvalue weighted by atomic mass is 79.9. The van der Waals surface area contributed by atoms with Gasteiger partial charge in [-0.2, -0.15) is 0 Å². The van der Waals surface area contributed by atoms with E-state index in [1.54, 1.807) is 0 Å². The van der Waals surface area contributed by atoms with Crippen LogP contribution in [0.15, 0.2) is 11.8 Å². The highest BCUT2D eigenvalue weighted by Crippen LogP contribution is 2.30. The lowest BCUT2D eigenvalue weighted by atomic mass is 10.2. The first-order valence-electron chi connectivity index (χ1n) is 3.83. The fraction of sp³-hybridized carbons (Fsp3) is 0.625. The van der Waals surface area contributed by atoms with Crippen LogP contribution >= 0.6 is 27.5 Å². The highest BCUT2D eigenvalue weighted by molar-refractivity contribution is 9.09. The summed E-state index contributed by atoms with van der Waals surface area (Å²) in [6.45, 7) is 0. The van der Waals surface area contributed by atoms with Gasteiger partial charge < -0.3 is 9.47 Å². The molecule has 0 aromatic carbocycles. The van der Waals surface area contributed by atoms with Gasteiger partial charge in [-0.25, -0.2) is 4.79 Å². The number of allylic oxidation sites excluding steroid dienone is 1. The van der Waals surface area contributed by atoms with Gasteiger partial charge in [0.1, 0.15) is 11.9 Å². The number of hydrogen-bond acceptors (Lipinski definition) is 3. The Hall–Kier alpha value is -0.220. The molecule has 0 bridgehead atoms. The number of carbonyl (C=O) groups excluding carboxylic acids is 1. The van der Waals surface area contributed by atoms with Crippen LogP contribution in [-0.4, -0.2) is 29.9 Å². The summed E-state index contributed by atoms with van der Waals surface area (Å²) >= 11 is 9.00. The first kappa shape index (κ1) is 10.9. The monoisotopic (exact) mass is 268 g/mol. The molecular formula is C8H10BrClO3. The summed E-state index contributed by atoms with van der Waals surface area (Å²) < 4.78 is 9.86. The van der Waals surface area contributed by atoms with Crippen molar-refractivity contribution in [1.82, 2.24) is 0 Å². The van der Waals surface area contributed by atoms with Crippen molar-refractivity contribution < 1.29 is 14.3 Å². The average molecular weight is 270 g/mol. The number of carbonyl (C=O) groups is 1. The van der Waals surface area contributed by atoms with Crippen molar-refractivity contribution in [3.8, 4) is 0 Å². The molecule has 1 saturated heterocycles. The largest absolute Gasteiger partial charge is 0.492 e. The van der Waals surface area contributed by atoms with Gasteiger partial charge in [0.15, 0.2) is 0 Å². The molecule has 0 aliphatic carbocycles. The Balaban J connectivity index is 2.61. The number of alkyl halides is 2. The molecule has 74 valence electrons. The van der Waals surface area contributed by atoms with E-state index in [4.69, 9.17) is 16.3 Å². The van der Waals surface area contributed by atoms with Crippen LogP contribution in [0.25, 0.3) is 0 Å². The third-order valence-electron chi connectivity index (χ3n) is 1.71. The third kappa shape index (κ3) is 2.88. The minimum Gasteiger partial charge on any atom is -0.492 e. The van der Waals surface area contributed by atoms with Crippen molar-refractivity contribution in [2.45, 2.75) is 17.4 Å². The van der Waals surface area contributed by atoms with Crippen molar-refractivity contribution in [2.24, 2.45) is 0 Å². The van der Waals surface area contributed by atoms with Gasteiger partial charge >= 0.3 is 5.97 Å². The highest BCUT2D eigenvalue weighted by Gasteiger charge is 2.29. The Morgan fingerprint density at radius 3 is 3.08 bits per heavy atom. The van der Waals surface area contributed by atoms with E-state index in [-0.39, 0.29) is 10.9 Å². The van der Waals surface area contributed by atoms with Crippen LogP contribution in [0, 0.1) is 0 Å².